The first-order chi connectivity index (χ1) is 41.7. The molecule has 2 aliphatic rings. The van der Waals surface area contributed by atoms with Crippen LogP contribution in [0.15, 0.2) is 296 Å². The first kappa shape index (κ1) is 47.4. The minimum absolute atomic E-state index is 0.857. The van der Waals surface area contributed by atoms with E-state index in [4.69, 9.17) is 4.42 Å². The summed E-state index contributed by atoms with van der Waals surface area (Å²) in [5, 5.41) is 9.85. The smallest absolute Gasteiger partial charge is 0.142 e. The molecule has 1 atom stereocenters. The third-order valence-electron chi connectivity index (χ3n) is 17.8. The molecule has 0 fully saturated rings. The van der Waals surface area contributed by atoms with Gasteiger partial charge in [0.25, 0.3) is 0 Å². The molecular weight excluding hydrogens is 1060 g/mol. The van der Waals surface area contributed by atoms with E-state index in [9.17, 15) is 0 Å². The summed E-state index contributed by atoms with van der Waals surface area (Å²) in [6.07, 6.45) is 0. The normalized spacial score (nSPS) is 14.0. The lowest BCUT2D eigenvalue weighted by Crippen LogP contribution is -2.27. The average Bonchev–Trinajstić information content (AvgIpc) is 1.59. The van der Waals surface area contributed by atoms with E-state index in [0.29, 0.717) is 0 Å². The Hall–Kier alpha value is -10.3. The van der Waals surface area contributed by atoms with Crippen molar-refractivity contribution in [1.82, 2.24) is 0 Å². The number of rotatable bonds is 8. The van der Waals surface area contributed by atoms with E-state index in [2.05, 4.69) is 301 Å². The van der Waals surface area contributed by atoms with Crippen molar-refractivity contribution in [2.45, 2.75) is 5.41 Å². The van der Waals surface area contributed by atoms with Gasteiger partial charge in [-0.15, -0.1) is 22.7 Å². The minimum atomic E-state index is -0.857. The van der Waals surface area contributed by atoms with Crippen molar-refractivity contribution in [2.75, 3.05) is 9.80 Å². The number of furan rings is 1. The van der Waals surface area contributed by atoms with Gasteiger partial charge < -0.3 is 14.2 Å². The molecule has 18 rings (SSSR count). The molecule has 16 aromatic rings. The highest BCUT2D eigenvalue weighted by Gasteiger charge is 2.56. The molecule has 0 saturated heterocycles. The summed E-state index contributed by atoms with van der Waals surface area (Å²) in [7, 11) is 0. The Kier molecular flexibility index (Phi) is 10.3. The quantitative estimate of drug-likeness (QED) is 0.151. The second-order valence-electron chi connectivity index (χ2n) is 22.2. The van der Waals surface area contributed by atoms with Gasteiger partial charge in [0, 0.05) is 96.0 Å². The predicted molar refractivity (Wildman–Crippen MR) is 356 cm³/mol. The average molecular weight is 1110 g/mol. The van der Waals surface area contributed by atoms with E-state index in [1.54, 1.807) is 0 Å². The molecule has 0 saturated carbocycles. The van der Waals surface area contributed by atoms with Gasteiger partial charge in [-0.2, -0.15) is 0 Å². The monoisotopic (exact) mass is 1100 g/mol. The Morgan fingerprint density at radius 1 is 0.286 bits per heavy atom. The highest BCUT2D eigenvalue weighted by atomic mass is 32.1. The molecule has 2 aliphatic carbocycles. The first-order valence-corrected chi connectivity index (χ1v) is 30.4. The predicted octanol–water partition coefficient (Wildman–Crippen LogP) is 22.9. The summed E-state index contributed by atoms with van der Waals surface area (Å²) < 4.78 is 12.7. The topological polar surface area (TPSA) is 19.6 Å². The van der Waals surface area contributed by atoms with Gasteiger partial charge in [0.05, 0.1) is 22.5 Å². The zero-order chi connectivity index (χ0) is 55.0. The number of anilines is 6. The summed E-state index contributed by atoms with van der Waals surface area (Å²) >= 11 is 3.72. The molecule has 0 bridgehead atoms. The van der Waals surface area contributed by atoms with Crippen molar-refractivity contribution in [3.63, 3.8) is 0 Å². The highest BCUT2D eigenvalue weighted by Crippen LogP contribution is 2.69. The number of hydrogen-bond donors (Lipinski definition) is 0. The Balaban J connectivity index is 0.975. The van der Waals surface area contributed by atoms with E-state index in [0.717, 1.165) is 67.9 Å². The number of benzene rings is 13. The van der Waals surface area contributed by atoms with Crippen molar-refractivity contribution >= 4 is 119 Å². The maximum absolute atomic E-state index is 7.58. The fourth-order valence-corrected chi connectivity index (χ4v) is 16.6. The van der Waals surface area contributed by atoms with Crippen molar-refractivity contribution in [3.05, 3.63) is 313 Å². The van der Waals surface area contributed by atoms with Crippen molar-refractivity contribution in [2.24, 2.45) is 0 Å². The Bertz CT molecular complexity index is 5350. The van der Waals surface area contributed by atoms with Crippen molar-refractivity contribution in [3.8, 4) is 44.9 Å². The second kappa shape index (κ2) is 18.4. The molecule has 3 nitrogen and oxygen atoms in total. The van der Waals surface area contributed by atoms with Gasteiger partial charge in [-0.25, -0.2) is 0 Å². The van der Waals surface area contributed by atoms with Crippen molar-refractivity contribution in [1.29, 1.82) is 0 Å². The maximum atomic E-state index is 7.58. The van der Waals surface area contributed by atoms with E-state index in [1.807, 2.05) is 22.7 Å². The van der Waals surface area contributed by atoms with Gasteiger partial charge in [-0.1, -0.05) is 224 Å². The van der Waals surface area contributed by atoms with Gasteiger partial charge in [-0.05, 0) is 105 Å². The molecule has 1 spiro atoms. The van der Waals surface area contributed by atoms with Crippen LogP contribution in [-0.4, -0.2) is 0 Å². The van der Waals surface area contributed by atoms with E-state index >= 15 is 0 Å². The van der Waals surface area contributed by atoms with Crippen LogP contribution in [0.1, 0.15) is 22.3 Å². The SMILES string of the molecule is c1ccc(-c2oc(-c3ccccc3)c3c2-c2ccccc2C32c3cc(N(c4ccc5c(c4)sc4ccccc45)c4cccc5ccccc45)ccc3-c3c(N(c4ccc5c(c4)sc4ccccc45)c4cccc5ccccc45)cccc32)cc1. The molecule has 0 radical (unpaired) electrons. The lowest BCUT2D eigenvalue weighted by Gasteiger charge is -2.33. The maximum Gasteiger partial charge on any atom is 0.142 e. The fourth-order valence-electron chi connectivity index (χ4n) is 14.4. The summed E-state index contributed by atoms with van der Waals surface area (Å²) in [6, 6.07) is 108. The van der Waals surface area contributed by atoms with Gasteiger partial charge >= 0.3 is 0 Å². The van der Waals surface area contributed by atoms with Crippen LogP contribution in [-0.2, 0) is 5.41 Å². The van der Waals surface area contributed by atoms with Gasteiger partial charge in [0.15, 0.2) is 0 Å². The first-order valence-electron chi connectivity index (χ1n) is 28.7. The molecule has 0 aliphatic heterocycles. The standard InChI is InChI=1S/C79H48N2OS2/c1-3-22-51(23-4-1)77-75-62-32-11-14-33-64(62)79(76(75)78(82-77)52-24-5-2-6-25-52)65-34-19-37-69(81(68-36-18-27-50-21-8-10-29-57(50)68)55-41-44-61-59-31-13-16-39-71(59)84-73(61)48-55)74(65)63-45-42-53(46-66(63)79)80(67-35-17-26-49-20-7-9-28-56(49)67)54-40-43-60-58-30-12-15-38-70(58)83-72(60)47-54/h1-48H. The summed E-state index contributed by atoms with van der Waals surface area (Å²) in [5.41, 5.74) is 17.3. The Morgan fingerprint density at radius 3 is 1.39 bits per heavy atom. The zero-order valence-electron chi connectivity index (χ0n) is 45.3. The molecule has 0 amide bonds. The number of nitrogens with zero attached hydrogens (tertiary/aromatic N) is 2. The summed E-state index contributed by atoms with van der Waals surface area (Å²) in [6.45, 7) is 0. The third-order valence-corrected chi connectivity index (χ3v) is 20.1. The molecule has 3 aromatic heterocycles. The van der Waals surface area contributed by atoms with E-state index in [1.165, 1.54) is 95.3 Å². The van der Waals surface area contributed by atoms with Gasteiger partial charge in [0.2, 0.25) is 0 Å². The van der Waals surface area contributed by atoms with Gasteiger partial charge in [-0.3, -0.25) is 0 Å². The third kappa shape index (κ3) is 6.79. The second-order valence-corrected chi connectivity index (χ2v) is 24.4. The lowest BCUT2D eigenvalue weighted by atomic mass is 9.69. The zero-order valence-corrected chi connectivity index (χ0v) is 47.0. The molecule has 3 heterocycles. The van der Waals surface area contributed by atoms with E-state index in [-0.39, 0.29) is 0 Å². The fraction of sp³-hybridized carbons (Fsp3) is 0.0127. The molecule has 84 heavy (non-hydrogen) atoms. The highest BCUT2D eigenvalue weighted by molar-refractivity contribution is 7.26. The molecular formula is C79H48N2OS2. The van der Waals surface area contributed by atoms with Crippen LogP contribution in [0.2, 0.25) is 0 Å². The largest absolute Gasteiger partial charge is 0.455 e. The van der Waals surface area contributed by atoms with Crippen LogP contribution in [0.5, 0.6) is 0 Å². The van der Waals surface area contributed by atoms with Crippen molar-refractivity contribution < 1.29 is 4.42 Å². The molecule has 392 valence electrons. The van der Waals surface area contributed by atoms with Crippen LogP contribution in [0.3, 0.4) is 0 Å². The van der Waals surface area contributed by atoms with Crippen LogP contribution in [0.4, 0.5) is 34.1 Å². The molecule has 5 heteroatoms. The number of thiophene rings is 2. The van der Waals surface area contributed by atoms with Crippen LogP contribution in [0.25, 0.3) is 107 Å². The minimum Gasteiger partial charge on any atom is -0.455 e. The van der Waals surface area contributed by atoms with E-state index < -0.39 is 5.41 Å². The van der Waals surface area contributed by atoms with Crippen LogP contribution in [0, 0.1) is 0 Å². The Morgan fingerprint density at radius 2 is 0.738 bits per heavy atom. The lowest BCUT2D eigenvalue weighted by molar-refractivity contribution is 0.588. The number of hydrogen-bond acceptors (Lipinski definition) is 5. The van der Waals surface area contributed by atoms with Crippen LogP contribution >= 0.6 is 22.7 Å². The Labute approximate surface area is 493 Å². The van der Waals surface area contributed by atoms with Gasteiger partial charge in [0.1, 0.15) is 11.5 Å². The molecule has 1 unspecified atom stereocenters. The summed E-state index contributed by atoms with van der Waals surface area (Å²) in [4.78, 5) is 5.06. The summed E-state index contributed by atoms with van der Waals surface area (Å²) in [5.74, 6) is 1.75. The number of fused-ring (bicyclic) bond motifs is 18. The van der Waals surface area contributed by atoms with Crippen LogP contribution < -0.4 is 9.80 Å². The molecule has 13 aromatic carbocycles. The molecule has 0 N–H and O–H groups in total.